The van der Waals surface area contributed by atoms with Crippen molar-refractivity contribution in [2.75, 3.05) is 0 Å². The maximum absolute atomic E-state index is 10.6. The first kappa shape index (κ1) is 8.97. The number of rotatable bonds is 4. The van der Waals surface area contributed by atoms with E-state index in [4.69, 9.17) is 0 Å². The molecular formula is C9H14N2O. The van der Waals surface area contributed by atoms with E-state index in [1.165, 1.54) is 0 Å². The van der Waals surface area contributed by atoms with E-state index in [0.29, 0.717) is 0 Å². The number of nitrogens with zero attached hydrogens (tertiary/aromatic N) is 2. The van der Waals surface area contributed by atoms with Gasteiger partial charge < -0.3 is 4.79 Å². The number of carbonyl (C=O) groups excluding carboxylic acids is 1. The summed E-state index contributed by atoms with van der Waals surface area (Å²) in [4.78, 5) is 10.6. The second-order valence-electron chi connectivity index (χ2n) is 3.63. The van der Waals surface area contributed by atoms with Gasteiger partial charge in [-0.05, 0) is 12.5 Å². The van der Waals surface area contributed by atoms with E-state index in [1.807, 2.05) is 30.8 Å². The van der Waals surface area contributed by atoms with E-state index in [9.17, 15) is 4.79 Å². The molecule has 0 saturated heterocycles. The number of aromatic nitrogens is 2. The molecule has 0 radical (unpaired) electrons. The van der Waals surface area contributed by atoms with E-state index in [2.05, 4.69) is 5.10 Å². The minimum Gasteiger partial charge on any atom is -0.303 e. The van der Waals surface area contributed by atoms with Crippen LogP contribution in [0, 0.1) is 5.41 Å². The van der Waals surface area contributed by atoms with E-state index in [1.54, 1.807) is 6.20 Å². The first-order valence-corrected chi connectivity index (χ1v) is 4.08. The van der Waals surface area contributed by atoms with Crippen molar-refractivity contribution in [2.45, 2.75) is 26.8 Å². The highest BCUT2D eigenvalue weighted by molar-refractivity contribution is 5.57. The molecule has 0 aliphatic carbocycles. The minimum atomic E-state index is -0.230. The number of aryl methyl sites for hydroxylation is 1. The van der Waals surface area contributed by atoms with Gasteiger partial charge in [-0.2, -0.15) is 5.10 Å². The van der Waals surface area contributed by atoms with E-state index >= 15 is 0 Å². The fourth-order valence-corrected chi connectivity index (χ4v) is 0.894. The monoisotopic (exact) mass is 166 g/mol. The molecule has 0 atom stereocenters. The third-order valence-electron chi connectivity index (χ3n) is 1.86. The summed E-state index contributed by atoms with van der Waals surface area (Å²) in [6, 6.07) is 1.88. The van der Waals surface area contributed by atoms with Gasteiger partial charge in [-0.3, -0.25) is 4.68 Å². The molecule has 0 amide bonds. The molecule has 0 fully saturated rings. The van der Waals surface area contributed by atoms with Crippen LogP contribution < -0.4 is 0 Å². The molecule has 1 aromatic rings. The van der Waals surface area contributed by atoms with Crippen molar-refractivity contribution in [3.63, 3.8) is 0 Å². The highest BCUT2D eigenvalue weighted by Gasteiger charge is 2.15. The molecular weight excluding hydrogens is 152 g/mol. The summed E-state index contributed by atoms with van der Waals surface area (Å²) in [5.41, 5.74) is -0.230. The van der Waals surface area contributed by atoms with Crippen LogP contribution in [0.4, 0.5) is 0 Å². The van der Waals surface area contributed by atoms with Gasteiger partial charge in [-0.15, -0.1) is 0 Å². The summed E-state index contributed by atoms with van der Waals surface area (Å²) in [7, 11) is 0. The first-order valence-electron chi connectivity index (χ1n) is 4.08. The highest BCUT2D eigenvalue weighted by Crippen LogP contribution is 2.16. The lowest BCUT2D eigenvalue weighted by Gasteiger charge is -2.15. The van der Waals surface area contributed by atoms with Crippen molar-refractivity contribution in [3.05, 3.63) is 18.5 Å². The summed E-state index contributed by atoms with van der Waals surface area (Å²) in [6.45, 7) is 4.67. The zero-order chi connectivity index (χ0) is 9.03. The number of hydrogen-bond donors (Lipinski definition) is 0. The van der Waals surface area contributed by atoms with Crippen LogP contribution in [-0.2, 0) is 11.3 Å². The Hall–Kier alpha value is -1.12. The van der Waals surface area contributed by atoms with Gasteiger partial charge in [0.15, 0.2) is 0 Å². The first-order chi connectivity index (χ1) is 5.64. The number of aldehydes is 1. The molecule has 0 N–H and O–H groups in total. The topological polar surface area (TPSA) is 34.9 Å². The lowest BCUT2D eigenvalue weighted by atomic mass is 9.92. The van der Waals surface area contributed by atoms with Gasteiger partial charge in [0, 0.05) is 24.4 Å². The van der Waals surface area contributed by atoms with Gasteiger partial charge in [0.1, 0.15) is 6.29 Å². The largest absolute Gasteiger partial charge is 0.303 e. The van der Waals surface area contributed by atoms with Gasteiger partial charge >= 0.3 is 0 Å². The lowest BCUT2D eigenvalue weighted by molar-refractivity contribution is -0.115. The van der Waals surface area contributed by atoms with E-state index < -0.39 is 0 Å². The van der Waals surface area contributed by atoms with Crippen molar-refractivity contribution in [3.8, 4) is 0 Å². The predicted octanol–water partition coefficient (Wildman–Crippen LogP) is 1.50. The molecule has 66 valence electrons. The highest BCUT2D eigenvalue weighted by atomic mass is 16.1. The van der Waals surface area contributed by atoms with Crippen molar-refractivity contribution < 1.29 is 4.79 Å². The molecule has 0 aliphatic rings. The Morgan fingerprint density at radius 1 is 1.58 bits per heavy atom. The van der Waals surface area contributed by atoms with Crippen molar-refractivity contribution in [2.24, 2.45) is 5.41 Å². The number of hydrogen-bond acceptors (Lipinski definition) is 2. The average molecular weight is 166 g/mol. The fraction of sp³-hybridized carbons (Fsp3) is 0.556. The van der Waals surface area contributed by atoms with Crippen LogP contribution in [-0.4, -0.2) is 16.1 Å². The predicted molar refractivity (Wildman–Crippen MR) is 46.7 cm³/mol. The molecule has 0 unspecified atom stereocenters. The van der Waals surface area contributed by atoms with E-state index in [-0.39, 0.29) is 5.41 Å². The second kappa shape index (κ2) is 3.52. The Bertz CT molecular complexity index is 239. The average Bonchev–Trinajstić information content (AvgIpc) is 2.53. The van der Waals surface area contributed by atoms with Gasteiger partial charge in [-0.25, -0.2) is 0 Å². The maximum Gasteiger partial charge on any atom is 0.125 e. The van der Waals surface area contributed by atoms with Crippen LogP contribution in [0.3, 0.4) is 0 Å². The maximum atomic E-state index is 10.6. The van der Waals surface area contributed by atoms with Crippen LogP contribution in [0.2, 0.25) is 0 Å². The lowest BCUT2D eigenvalue weighted by Crippen LogP contribution is -2.16. The Kier molecular flexibility index (Phi) is 2.63. The summed E-state index contributed by atoms with van der Waals surface area (Å²) in [6.07, 6.45) is 5.48. The van der Waals surface area contributed by atoms with Crippen LogP contribution in [0.1, 0.15) is 20.3 Å². The molecule has 3 heteroatoms. The van der Waals surface area contributed by atoms with Crippen LogP contribution in [0.5, 0.6) is 0 Å². The Morgan fingerprint density at radius 3 is 2.83 bits per heavy atom. The van der Waals surface area contributed by atoms with Gasteiger partial charge in [0.25, 0.3) is 0 Å². The Labute approximate surface area is 72.4 Å². The summed E-state index contributed by atoms with van der Waals surface area (Å²) in [5, 5.41) is 4.05. The molecule has 1 rings (SSSR count). The molecule has 0 aromatic carbocycles. The summed E-state index contributed by atoms with van der Waals surface area (Å²) >= 11 is 0. The third-order valence-corrected chi connectivity index (χ3v) is 1.86. The molecule has 0 saturated carbocycles. The van der Waals surface area contributed by atoms with Crippen molar-refractivity contribution >= 4 is 6.29 Å². The van der Waals surface area contributed by atoms with Crippen LogP contribution in [0.15, 0.2) is 18.5 Å². The molecule has 0 spiro atoms. The van der Waals surface area contributed by atoms with Gasteiger partial charge in [0.2, 0.25) is 0 Å². The van der Waals surface area contributed by atoms with Gasteiger partial charge in [0.05, 0.1) is 0 Å². The second-order valence-corrected chi connectivity index (χ2v) is 3.63. The molecule has 1 aromatic heterocycles. The van der Waals surface area contributed by atoms with E-state index in [0.717, 1.165) is 19.3 Å². The number of carbonyl (C=O) groups is 1. The normalized spacial score (nSPS) is 11.5. The van der Waals surface area contributed by atoms with Crippen molar-refractivity contribution in [1.82, 2.24) is 9.78 Å². The molecule has 3 nitrogen and oxygen atoms in total. The zero-order valence-electron chi connectivity index (χ0n) is 7.53. The van der Waals surface area contributed by atoms with Gasteiger partial charge in [-0.1, -0.05) is 13.8 Å². The quantitative estimate of drug-likeness (QED) is 0.635. The minimum absolute atomic E-state index is 0.230. The molecule has 12 heavy (non-hydrogen) atoms. The molecule has 0 aliphatic heterocycles. The smallest absolute Gasteiger partial charge is 0.125 e. The van der Waals surface area contributed by atoms with Crippen LogP contribution >= 0.6 is 0 Å². The fourth-order valence-electron chi connectivity index (χ4n) is 0.894. The molecule has 1 heterocycles. The standard InChI is InChI=1S/C9H14N2O/c1-9(2,8-12)4-7-11-6-3-5-10-11/h3,5-6,8H,4,7H2,1-2H3. The SMILES string of the molecule is CC(C)(C=O)CCn1cccn1. The summed E-state index contributed by atoms with van der Waals surface area (Å²) in [5.74, 6) is 0. The summed E-state index contributed by atoms with van der Waals surface area (Å²) < 4.78 is 1.84. The Morgan fingerprint density at radius 2 is 2.33 bits per heavy atom. The van der Waals surface area contributed by atoms with Crippen LogP contribution in [0.25, 0.3) is 0 Å². The van der Waals surface area contributed by atoms with Crippen molar-refractivity contribution in [1.29, 1.82) is 0 Å². The zero-order valence-corrected chi connectivity index (χ0v) is 7.53. The molecule has 0 bridgehead atoms. The third kappa shape index (κ3) is 2.49. The Balaban J connectivity index is 2.41.